The zero-order valence-corrected chi connectivity index (χ0v) is 22.1. The molecule has 37 heavy (non-hydrogen) atoms. The Morgan fingerprint density at radius 3 is 2.27 bits per heavy atom. The molecule has 0 saturated heterocycles. The Morgan fingerprint density at radius 1 is 1.03 bits per heavy atom. The van der Waals surface area contributed by atoms with Crippen molar-refractivity contribution in [2.24, 2.45) is 0 Å². The molecule has 3 aromatic rings. The third-order valence-corrected chi connectivity index (χ3v) is 7.87. The molecule has 0 spiro atoms. The van der Waals surface area contributed by atoms with Crippen LogP contribution >= 0.6 is 11.3 Å². The SMILES string of the molecule is CC(C)(C)OC(=O)c1c(N)sc2c1CC(CN1C(=O)c3ccccc3C1=O)N(CCc1ccccc1)C2. The average Bonchev–Trinajstić information content (AvgIpc) is 3.30. The van der Waals surface area contributed by atoms with Crippen LogP contribution in [0.3, 0.4) is 0 Å². The van der Waals surface area contributed by atoms with Gasteiger partial charge in [-0.05, 0) is 56.9 Å². The summed E-state index contributed by atoms with van der Waals surface area (Å²) in [4.78, 5) is 44.0. The number of rotatable bonds is 6. The van der Waals surface area contributed by atoms with E-state index in [-0.39, 0.29) is 24.4 Å². The minimum Gasteiger partial charge on any atom is -0.456 e. The highest BCUT2D eigenvalue weighted by Gasteiger charge is 2.40. The molecule has 1 unspecified atom stereocenters. The van der Waals surface area contributed by atoms with E-state index in [1.54, 1.807) is 24.3 Å². The number of nitrogens with zero attached hydrogens (tertiary/aromatic N) is 2. The molecule has 0 saturated carbocycles. The Kier molecular flexibility index (Phi) is 6.64. The van der Waals surface area contributed by atoms with Crippen LogP contribution in [-0.2, 0) is 24.1 Å². The van der Waals surface area contributed by atoms with Gasteiger partial charge in [0.2, 0.25) is 0 Å². The highest BCUT2D eigenvalue weighted by molar-refractivity contribution is 7.16. The van der Waals surface area contributed by atoms with Gasteiger partial charge in [-0.2, -0.15) is 0 Å². The van der Waals surface area contributed by atoms with E-state index < -0.39 is 11.6 Å². The second-order valence-corrected chi connectivity index (χ2v) is 11.7. The standard InChI is InChI=1S/C29H31N3O4S/c1-29(2,3)36-28(35)24-22-15-19(16-32-26(33)20-11-7-8-12-21(20)27(32)34)31(17-23(22)37-25(24)30)14-13-18-9-5-4-6-10-18/h4-12,19H,13-17,30H2,1-3H3. The molecular formula is C29H31N3O4S. The van der Waals surface area contributed by atoms with Crippen molar-refractivity contribution in [3.63, 3.8) is 0 Å². The van der Waals surface area contributed by atoms with E-state index in [2.05, 4.69) is 17.0 Å². The third kappa shape index (κ3) is 5.04. The second kappa shape index (κ2) is 9.76. The van der Waals surface area contributed by atoms with E-state index in [0.717, 1.165) is 23.4 Å². The summed E-state index contributed by atoms with van der Waals surface area (Å²) in [6.07, 6.45) is 1.33. The van der Waals surface area contributed by atoms with Crippen molar-refractivity contribution >= 4 is 34.1 Å². The first-order valence-corrected chi connectivity index (χ1v) is 13.3. The summed E-state index contributed by atoms with van der Waals surface area (Å²) in [6, 6.07) is 17.0. The molecule has 1 atom stereocenters. The van der Waals surface area contributed by atoms with E-state index >= 15 is 0 Å². The summed E-state index contributed by atoms with van der Waals surface area (Å²) < 4.78 is 5.66. The molecule has 3 heterocycles. The van der Waals surface area contributed by atoms with Crippen LogP contribution in [0.4, 0.5) is 5.00 Å². The van der Waals surface area contributed by atoms with Gasteiger partial charge in [-0.15, -0.1) is 11.3 Å². The topological polar surface area (TPSA) is 92.9 Å². The van der Waals surface area contributed by atoms with Crippen LogP contribution in [0.5, 0.6) is 0 Å². The number of hydrogen-bond acceptors (Lipinski definition) is 7. The lowest BCUT2D eigenvalue weighted by Crippen LogP contribution is -2.49. The number of carbonyl (C=O) groups excluding carboxylic acids is 3. The van der Waals surface area contributed by atoms with Gasteiger partial charge in [-0.1, -0.05) is 42.5 Å². The van der Waals surface area contributed by atoms with Crippen LogP contribution < -0.4 is 5.73 Å². The lowest BCUT2D eigenvalue weighted by molar-refractivity contribution is 0.00678. The number of carbonyl (C=O) groups is 3. The normalized spacial score (nSPS) is 17.6. The Bertz CT molecular complexity index is 1320. The van der Waals surface area contributed by atoms with Crippen LogP contribution in [0.25, 0.3) is 0 Å². The van der Waals surface area contributed by atoms with Gasteiger partial charge in [0.15, 0.2) is 0 Å². The number of nitrogen functional groups attached to an aromatic ring is 1. The quantitative estimate of drug-likeness (QED) is 0.381. The molecule has 8 heteroatoms. The first-order valence-electron chi connectivity index (χ1n) is 12.5. The Morgan fingerprint density at radius 2 is 1.65 bits per heavy atom. The number of anilines is 1. The zero-order valence-electron chi connectivity index (χ0n) is 21.3. The minimum atomic E-state index is -0.645. The smallest absolute Gasteiger partial charge is 0.341 e. The fraction of sp³-hybridized carbons (Fsp3) is 0.345. The van der Waals surface area contributed by atoms with Crippen LogP contribution in [-0.4, -0.2) is 52.3 Å². The van der Waals surface area contributed by atoms with Gasteiger partial charge in [0, 0.05) is 30.6 Å². The third-order valence-electron chi connectivity index (χ3n) is 6.83. The Labute approximate surface area is 220 Å². The fourth-order valence-corrected chi connectivity index (χ4v) is 6.20. The highest BCUT2D eigenvalue weighted by Crippen LogP contribution is 2.38. The molecule has 0 fully saturated rings. The molecule has 1 aromatic heterocycles. The molecule has 0 bridgehead atoms. The Hall–Kier alpha value is -3.49. The first kappa shape index (κ1) is 25.2. The predicted molar refractivity (Wildman–Crippen MR) is 144 cm³/mol. The van der Waals surface area contributed by atoms with Crippen LogP contribution in [0.1, 0.15) is 67.8 Å². The number of benzene rings is 2. The number of fused-ring (bicyclic) bond motifs is 2. The fourth-order valence-electron chi connectivity index (χ4n) is 5.08. The maximum Gasteiger partial charge on any atom is 0.341 e. The van der Waals surface area contributed by atoms with Gasteiger partial charge in [0.25, 0.3) is 11.8 Å². The number of ether oxygens (including phenoxy) is 1. The molecule has 2 aliphatic heterocycles. The molecule has 0 radical (unpaired) electrons. The van der Waals surface area contributed by atoms with Crippen molar-refractivity contribution in [3.05, 3.63) is 87.3 Å². The molecular weight excluding hydrogens is 486 g/mol. The lowest BCUT2D eigenvalue weighted by Gasteiger charge is -2.37. The highest BCUT2D eigenvalue weighted by atomic mass is 32.1. The van der Waals surface area contributed by atoms with E-state index in [0.29, 0.717) is 34.7 Å². The number of amides is 2. The van der Waals surface area contributed by atoms with Crippen molar-refractivity contribution in [1.82, 2.24) is 9.80 Å². The lowest BCUT2D eigenvalue weighted by atomic mass is 9.95. The van der Waals surface area contributed by atoms with Gasteiger partial charge in [-0.25, -0.2) is 4.79 Å². The molecule has 2 aromatic carbocycles. The minimum absolute atomic E-state index is 0.159. The number of thiophene rings is 1. The van der Waals surface area contributed by atoms with Gasteiger partial charge in [0.1, 0.15) is 10.6 Å². The van der Waals surface area contributed by atoms with E-state index in [9.17, 15) is 14.4 Å². The van der Waals surface area contributed by atoms with E-state index in [4.69, 9.17) is 10.5 Å². The van der Waals surface area contributed by atoms with Crippen molar-refractivity contribution in [1.29, 1.82) is 0 Å². The van der Waals surface area contributed by atoms with Gasteiger partial charge in [0.05, 0.1) is 16.7 Å². The van der Waals surface area contributed by atoms with Crippen LogP contribution in [0, 0.1) is 0 Å². The maximum absolute atomic E-state index is 13.1. The number of hydrogen-bond donors (Lipinski definition) is 1. The molecule has 7 nitrogen and oxygen atoms in total. The van der Waals surface area contributed by atoms with Crippen LogP contribution in [0.15, 0.2) is 54.6 Å². The van der Waals surface area contributed by atoms with Crippen LogP contribution in [0.2, 0.25) is 0 Å². The summed E-state index contributed by atoms with van der Waals surface area (Å²) in [7, 11) is 0. The zero-order chi connectivity index (χ0) is 26.3. The number of nitrogens with two attached hydrogens (primary N) is 1. The molecule has 5 rings (SSSR count). The maximum atomic E-state index is 13.1. The molecule has 2 aliphatic rings. The molecule has 192 valence electrons. The summed E-state index contributed by atoms with van der Waals surface area (Å²) in [5, 5.41) is 0.448. The largest absolute Gasteiger partial charge is 0.456 e. The van der Waals surface area contributed by atoms with Gasteiger partial charge in [-0.3, -0.25) is 19.4 Å². The van der Waals surface area contributed by atoms with E-state index in [1.807, 2.05) is 39.0 Å². The molecule has 2 N–H and O–H groups in total. The molecule has 2 amide bonds. The van der Waals surface area contributed by atoms with Crippen molar-refractivity contribution in [2.45, 2.75) is 51.8 Å². The monoisotopic (exact) mass is 517 g/mol. The molecule has 0 aliphatic carbocycles. The van der Waals surface area contributed by atoms with Crippen molar-refractivity contribution in [3.8, 4) is 0 Å². The summed E-state index contributed by atoms with van der Waals surface area (Å²) in [5.74, 6) is -0.974. The van der Waals surface area contributed by atoms with Gasteiger partial charge < -0.3 is 10.5 Å². The second-order valence-electron chi connectivity index (χ2n) is 10.6. The average molecular weight is 518 g/mol. The Balaban J connectivity index is 1.44. The first-order chi connectivity index (χ1) is 17.6. The summed E-state index contributed by atoms with van der Waals surface area (Å²) in [5.41, 5.74) is 9.08. The van der Waals surface area contributed by atoms with Gasteiger partial charge >= 0.3 is 5.97 Å². The number of esters is 1. The van der Waals surface area contributed by atoms with E-state index in [1.165, 1.54) is 21.8 Å². The predicted octanol–water partition coefficient (Wildman–Crippen LogP) is 4.55. The van der Waals surface area contributed by atoms with Crippen molar-refractivity contribution in [2.75, 3.05) is 18.8 Å². The summed E-state index contributed by atoms with van der Waals surface area (Å²) >= 11 is 1.42. The number of imide groups is 1. The summed E-state index contributed by atoms with van der Waals surface area (Å²) in [6.45, 7) is 7.07. The van der Waals surface area contributed by atoms with Crippen molar-refractivity contribution < 1.29 is 19.1 Å².